The first-order chi connectivity index (χ1) is 15.4. The van der Waals surface area contributed by atoms with Gasteiger partial charge in [-0.2, -0.15) is 0 Å². The molecule has 0 aromatic heterocycles. The van der Waals surface area contributed by atoms with Crippen LogP contribution in [-0.4, -0.2) is 8.07 Å². The first-order valence-corrected chi connectivity index (χ1v) is 15.9. The number of rotatable bonds is 7. The van der Waals surface area contributed by atoms with E-state index in [-0.39, 0.29) is 5.67 Å². The minimum atomic E-state index is -3.16. The van der Waals surface area contributed by atoms with Gasteiger partial charge in [0.05, 0.1) is 0 Å². The largest absolute Gasteiger partial charge is 0.297 e. The quantitative estimate of drug-likeness (QED) is 0.260. The molecule has 1 N–H and O–H groups in total. The van der Waals surface area contributed by atoms with Gasteiger partial charge in [0.2, 0.25) is 7.29 Å². The third kappa shape index (κ3) is 4.53. The van der Waals surface area contributed by atoms with E-state index < -0.39 is 15.4 Å². The SMILES string of the molecule is C[Si](C)(c1ccccc1)C(NP(=O)(c1ccccc1)c1ccccc1)c1ccccc1Cl. The fraction of sp³-hybridized carbons (Fsp3) is 0.111. The van der Waals surface area contributed by atoms with Crippen LogP contribution in [0.1, 0.15) is 11.2 Å². The molecule has 0 saturated carbocycles. The van der Waals surface area contributed by atoms with Crippen LogP contribution in [0.15, 0.2) is 115 Å². The molecule has 1 unspecified atom stereocenters. The van der Waals surface area contributed by atoms with Gasteiger partial charge in [-0.3, -0.25) is 9.65 Å². The second kappa shape index (κ2) is 9.60. The van der Waals surface area contributed by atoms with Crippen molar-refractivity contribution in [3.05, 3.63) is 126 Å². The van der Waals surface area contributed by atoms with E-state index in [4.69, 9.17) is 11.6 Å². The van der Waals surface area contributed by atoms with Gasteiger partial charge in [-0.05, 0) is 35.9 Å². The van der Waals surface area contributed by atoms with Crippen LogP contribution in [0.5, 0.6) is 0 Å². The van der Waals surface area contributed by atoms with Crippen LogP contribution in [0.2, 0.25) is 18.1 Å². The topological polar surface area (TPSA) is 29.1 Å². The molecule has 0 aliphatic rings. The van der Waals surface area contributed by atoms with Crippen molar-refractivity contribution in [2.45, 2.75) is 18.8 Å². The van der Waals surface area contributed by atoms with Gasteiger partial charge in [-0.15, -0.1) is 0 Å². The van der Waals surface area contributed by atoms with E-state index >= 15 is 0 Å². The Balaban J connectivity index is 1.91. The third-order valence-electron chi connectivity index (χ3n) is 6.01. The van der Waals surface area contributed by atoms with Crippen molar-refractivity contribution in [3.63, 3.8) is 0 Å². The van der Waals surface area contributed by atoms with Crippen LogP contribution in [0.3, 0.4) is 0 Å². The van der Waals surface area contributed by atoms with Crippen LogP contribution < -0.4 is 20.9 Å². The first kappa shape index (κ1) is 22.8. The number of nitrogens with one attached hydrogen (secondary N) is 1. The number of benzene rings is 4. The Kier molecular flexibility index (Phi) is 6.83. The molecule has 4 aromatic rings. The lowest BCUT2D eigenvalue weighted by atomic mass is 10.2. The minimum Gasteiger partial charge on any atom is -0.297 e. The Labute approximate surface area is 196 Å². The Hall–Kier alpha value is -2.42. The van der Waals surface area contributed by atoms with Crippen molar-refractivity contribution in [2.24, 2.45) is 0 Å². The lowest BCUT2D eigenvalue weighted by molar-refractivity contribution is 0.575. The molecule has 0 spiro atoms. The maximum absolute atomic E-state index is 14.9. The summed E-state index contributed by atoms with van der Waals surface area (Å²) in [4.78, 5) is 0. The molecular formula is C27H27ClNOPSi. The summed E-state index contributed by atoms with van der Waals surface area (Å²) in [5.74, 6) is 0. The molecule has 0 aliphatic heterocycles. The standard InChI is InChI=1S/C27H27ClNOPSi/c1-32(2,24-18-10-5-11-19-24)27(25-20-12-13-21-26(25)28)29-31(30,22-14-6-3-7-15-22)23-16-8-4-9-17-23/h3-21,27H,1-2H3,(H,29,30). The summed E-state index contributed by atoms with van der Waals surface area (Å²) < 4.78 is 14.9. The summed E-state index contributed by atoms with van der Waals surface area (Å²) in [5, 5.41) is 7.25. The van der Waals surface area contributed by atoms with Gasteiger partial charge in [-0.25, -0.2) is 0 Å². The maximum Gasteiger partial charge on any atom is 0.204 e. The predicted molar refractivity (Wildman–Crippen MR) is 141 cm³/mol. The van der Waals surface area contributed by atoms with E-state index in [2.05, 4.69) is 48.5 Å². The molecular weight excluding hydrogens is 449 g/mol. The lowest BCUT2D eigenvalue weighted by Crippen LogP contribution is -2.53. The Bertz CT molecular complexity index is 1170. The second-order valence-corrected chi connectivity index (χ2v) is 16.0. The number of halogens is 1. The second-order valence-electron chi connectivity index (χ2n) is 8.45. The van der Waals surface area contributed by atoms with Gasteiger partial charge in [0, 0.05) is 21.3 Å². The highest BCUT2D eigenvalue weighted by Gasteiger charge is 2.41. The van der Waals surface area contributed by atoms with Crippen molar-refractivity contribution in [3.8, 4) is 0 Å². The summed E-state index contributed by atoms with van der Waals surface area (Å²) in [5.41, 5.74) is 0.826. The number of hydrogen-bond donors (Lipinski definition) is 1. The molecule has 0 heterocycles. The van der Waals surface area contributed by atoms with E-state index in [0.717, 1.165) is 16.2 Å². The van der Waals surface area contributed by atoms with Crippen LogP contribution in [0, 0.1) is 0 Å². The van der Waals surface area contributed by atoms with Gasteiger partial charge in [0.1, 0.15) is 8.07 Å². The highest BCUT2D eigenvalue weighted by molar-refractivity contribution is 7.77. The molecule has 0 bridgehead atoms. The predicted octanol–water partition coefficient (Wildman–Crippen LogP) is 6.05. The molecule has 162 valence electrons. The zero-order chi connectivity index (χ0) is 22.6. The fourth-order valence-electron chi connectivity index (χ4n) is 4.12. The molecule has 0 amide bonds. The smallest absolute Gasteiger partial charge is 0.204 e. The van der Waals surface area contributed by atoms with E-state index in [1.165, 1.54) is 5.19 Å². The van der Waals surface area contributed by atoms with Crippen LogP contribution in [0.25, 0.3) is 0 Å². The van der Waals surface area contributed by atoms with Crippen LogP contribution in [0.4, 0.5) is 0 Å². The van der Waals surface area contributed by atoms with E-state index in [9.17, 15) is 4.57 Å². The zero-order valence-corrected chi connectivity index (χ0v) is 20.9. The molecule has 1 atom stereocenters. The molecule has 0 fully saturated rings. The molecule has 5 heteroatoms. The Morgan fingerprint density at radius 2 is 1.12 bits per heavy atom. The summed E-state index contributed by atoms with van der Waals surface area (Å²) in [6.45, 7) is 4.62. The highest BCUT2D eigenvalue weighted by atomic mass is 35.5. The molecule has 2 nitrogen and oxygen atoms in total. The van der Waals surface area contributed by atoms with Crippen molar-refractivity contribution in [2.75, 3.05) is 0 Å². The average molecular weight is 476 g/mol. The fourth-order valence-corrected chi connectivity index (χ4v) is 11.0. The summed E-state index contributed by atoms with van der Waals surface area (Å²) in [6, 6.07) is 37.9. The monoisotopic (exact) mass is 475 g/mol. The summed E-state index contributed by atoms with van der Waals surface area (Å²) in [6.07, 6.45) is 0. The third-order valence-corrected chi connectivity index (χ3v) is 13.0. The van der Waals surface area contributed by atoms with Crippen LogP contribution >= 0.6 is 18.9 Å². The van der Waals surface area contributed by atoms with Gasteiger partial charge in [-0.1, -0.05) is 115 Å². The molecule has 4 rings (SSSR count). The van der Waals surface area contributed by atoms with Gasteiger partial charge < -0.3 is 0 Å². The van der Waals surface area contributed by atoms with Crippen LogP contribution in [-0.2, 0) is 4.57 Å². The maximum atomic E-state index is 14.9. The first-order valence-electron chi connectivity index (χ1n) is 10.7. The zero-order valence-electron chi connectivity index (χ0n) is 18.3. The lowest BCUT2D eigenvalue weighted by Gasteiger charge is -2.37. The molecule has 32 heavy (non-hydrogen) atoms. The summed E-state index contributed by atoms with van der Waals surface area (Å²) in [7, 11) is -5.38. The van der Waals surface area contributed by atoms with Gasteiger partial charge in [0.25, 0.3) is 0 Å². The number of hydrogen-bond acceptors (Lipinski definition) is 1. The molecule has 4 aromatic carbocycles. The molecule has 0 aliphatic carbocycles. The summed E-state index contributed by atoms with van der Waals surface area (Å²) >= 11 is 6.73. The van der Waals surface area contributed by atoms with Gasteiger partial charge in [0.15, 0.2) is 0 Å². The van der Waals surface area contributed by atoms with E-state index in [1.807, 2.05) is 84.9 Å². The highest BCUT2D eigenvalue weighted by Crippen LogP contribution is 2.44. The van der Waals surface area contributed by atoms with E-state index in [1.54, 1.807) is 0 Å². The normalized spacial score (nSPS) is 13.0. The van der Waals surface area contributed by atoms with Gasteiger partial charge >= 0.3 is 0 Å². The molecule has 0 radical (unpaired) electrons. The van der Waals surface area contributed by atoms with Crippen molar-refractivity contribution < 1.29 is 4.57 Å². The van der Waals surface area contributed by atoms with E-state index in [0.29, 0.717) is 5.02 Å². The Morgan fingerprint density at radius 3 is 1.62 bits per heavy atom. The minimum absolute atomic E-state index is 0.162. The van der Waals surface area contributed by atoms with Crippen molar-refractivity contribution in [1.82, 2.24) is 5.09 Å². The average Bonchev–Trinajstić information content (AvgIpc) is 2.84. The Morgan fingerprint density at radius 1 is 0.688 bits per heavy atom. The van der Waals surface area contributed by atoms with Crippen molar-refractivity contribution in [1.29, 1.82) is 0 Å². The molecule has 0 saturated heterocycles. The van der Waals surface area contributed by atoms with Crippen molar-refractivity contribution >= 4 is 42.8 Å².